The average Bonchev–Trinajstić information content (AvgIpc) is 2.61. The Morgan fingerprint density at radius 1 is 1.18 bits per heavy atom. The molecule has 28 heavy (non-hydrogen) atoms. The van der Waals surface area contributed by atoms with Gasteiger partial charge in [-0.25, -0.2) is 0 Å². The van der Waals surface area contributed by atoms with Crippen LogP contribution in [0.3, 0.4) is 0 Å². The highest BCUT2D eigenvalue weighted by Crippen LogP contribution is 2.38. The summed E-state index contributed by atoms with van der Waals surface area (Å²) in [5.41, 5.74) is 0.340. The normalized spacial score (nSPS) is 28.7. The lowest BCUT2D eigenvalue weighted by Crippen LogP contribution is -2.61. The lowest BCUT2D eigenvalue weighted by molar-refractivity contribution is -0.153. The summed E-state index contributed by atoms with van der Waals surface area (Å²) in [7, 11) is 0. The first kappa shape index (κ1) is 19.6. The number of aliphatic hydroxyl groups is 1. The molecular formula is C21H28F2N2O3. The zero-order valence-corrected chi connectivity index (χ0v) is 16.0. The van der Waals surface area contributed by atoms with Gasteiger partial charge in [0.25, 0.3) is 0 Å². The van der Waals surface area contributed by atoms with Crippen LogP contribution < -0.4 is 4.74 Å². The molecule has 7 heteroatoms. The SMILES string of the molecule is O=C(C1CCC1)N1CC[C@@]2(O)CCN(Cc3ccc(OC(F)F)cc3)C[C@H]2C1. The topological polar surface area (TPSA) is 53.0 Å². The second-order valence-corrected chi connectivity index (χ2v) is 8.47. The van der Waals surface area contributed by atoms with Crippen molar-refractivity contribution in [3.05, 3.63) is 29.8 Å². The van der Waals surface area contributed by atoms with Gasteiger partial charge in [-0.1, -0.05) is 18.6 Å². The monoisotopic (exact) mass is 394 g/mol. The Morgan fingerprint density at radius 3 is 2.54 bits per heavy atom. The zero-order valence-electron chi connectivity index (χ0n) is 16.0. The minimum Gasteiger partial charge on any atom is -0.435 e. The summed E-state index contributed by atoms with van der Waals surface area (Å²) in [5, 5.41) is 11.1. The first-order valence-corrected chi connectivity index (χ1v) is 10.2. The molecule has 0 aromatic heterocycles. The minimum absolute atomic E-state index is 0.0560. The molecule has 3 fully saturated rings. The van der Waals surface area contributed by atoms with E-state index in [2.05, 4.69) is 9.64 Å². The molecule has 2 heterocycles. The van der Waals surface area contributed by atoms with E-state index in [1.54, 1.807) is 24.3 Å². The summed E-state index contributed by atoms with van der Waals surface area (Å²) in [4.78, 5) is 16.8. The first-order chi connectivity index (χ1) is 13.4. The van der Waals surface area contributed by atoms with Crippen LogP contribution in [0.2, 0.25) is 0 Å². The fourth-order valence-corrected chi connectivity index (χ4v) is 4.66. The van der Waals surface area contributed by atoms with Gasteiger partial charge < -0.3 is 14.7 Å². The number of rotatable bonds is 5. The second-order valence-electron chi connectivity index (χ2n) is 8.47. The number of piperidine rings is 2. The minimum atomic E-state index is -2.82. The third-order valence-corrected chi connectivity index (χ3v) is 6.68. The van der Waals surface area contributed by atoms with Gasteiger partial charge in [0.2, 0.25) is 5.91 Å². The van der Waals surface area contributed by atoms with Crippen molar-refractivity contribution in [2.75, 3.05) is 26.2 Å². The lowest BCUT2D eigenvalue weighted by atomic mass is 9.74. The van der Waals surface area contributed by atoms with Crippen molar-refractivity contribution in [1.82, 2.24) is 9.80 Å². The summed E-state index contributed by atoms with van der Waals surface area (Å²) in [5.74, 6) is 0.671. The Labute approximate surface area is 164 Å². The van der Waals surface area contributed by atoms with E-state index in [1.165, 1.54) is 0 Å². The number of nitrogens with zero attached hydrogens (tertiary/aromatic N) is 2. The number of amides is 1. The summed E-state index contributed by atoms with van der Waals surface area (Å²) in [6.45, 7) is 0.691. The molecule has 5 nitrogen and oxygen atoms in total. The van der Waals surface area contributed by atoms with Gasteiger partial charge in [0.15, 0.2) is 0 Å². The maximum Gasteiger partial charge on any atom is 0.387 e. The number of benzene rings is 1. The fraction of sp³-hybridized carbons (Fsp3) is 0.667. The van der Waals surface area contributed by atoms with E-state index in [-0.39, 0.29) is 23.5 Å². The maximum atomic E-state index is 12.6. The number of halogens is 2. The van der Waals surface area contributed by atoms with Crippen molar-refractivity contribution in [3.63, 3.8) is 0 Å². The quantitative estimate of drug-likeness (QED) is 0.835. The van der Waals surface area contributed by atoms with Gasteiger partial charge >= 0.3 is 6.61 Å². The predicted octanol–water partition coefficient (Wildman–Crippen LogP) is 2.87. The predicted molar refractivity (Wildman–Crippen MR) is 99.9 cm³/mol. The standard InChI is InChI=1S/C21H28F2N2O3/c22-20(23)28-18-6-4-15(5-7-18)12-24-10-8-21(27)9-11-25(14-17(21)13-24)19(26)16-2-1-3-16/h4-7,16-17,20,27H,1-3,8-14H2/t17-,21-/m0/s1. The number of carbonyl (C=O) groups excluding carboxylic acids is 1. The highest BCUT2D eigenvalue weighted by Gasteiger charge is 2.46. The number of ether oxygens (including phenoxy) is 1. The van der Waals surface area contributed by atoms with Crippen LogP contribution in [0.5, 0.6) is 5.75 Å². The molecule has 2 atom stereocenters. The van der Waals surface area contributed by atoms with E-state index in [1.807, 2.05) is 4.90 Å². The summed E-state index contributed by atoms with van der Waals surface area (Å²) < 4.78 is 28.9. The van der Waals surface area contributed by atoms with Gasteiger partial charge in [-0.3, -0.25) is 9.69 Å². The van der Waals surface area contributed by atoms with Crippen LogP contribution in [-0.2, 0) is 11.3 Å². The number of hydrogen-bond acceptors (Lipinski definition) is 4. The molecule has 154 valence electrons. The van der Waals surface area contributed by atoms with E-state index in [9.17, 15) is 18.7 Å². The molecule has 1 amide bonds. The number of carbonyl (C=O) groups is 1. The number of likely N-dealkylation sites (tertiary alicyclic amines) is 2. The van der Waals surface area contributed by atoms with Crippen molar-refractivity contribution in [2.24, 2.45) is 11.8 Å². The molecular weight excluding hydrogens is 366 g/mol. The Morgan fingerprint density at radius 2 is 1.89 bits per heavy atom. The van der Waals surface area contributed by atoms with Gasteiger partial charge in [-0.2, -0.15) is 8.78 Å². The molecule has 4 rings (SSSR count). The molecule has 1 saturated carbocycles. The number of hydrogen-bond donors (Lipinski definition) is 1. The van der Waals surface area contributed by atoms with Gasteiger partial charge in [0.05, 0.1) is 5.60 Å². The van der Waals surface area contributed by atoms with Crippen LogP contribution in [-0.4, -0.2) is 59.2 Å². The Hall–Kier alpha value is -1.73. The summed E-state index contributed by atoms with van der Waals surface area (Å²) >= 11 is 0. The van der Waals surface area contributed by atoms with Gasteiger partial charge in [-0.05, 0) is 43.4 Å². The Bertz CT molecular complexity index is 695. The van der Waals surface area contributed by atoms with Gasteiger partial charge in [0, 0.05) is 44.6 Å². The lowest BCUT2D eigenvalue weighted by Gasteiger charge is -2.51. The fourth-order valence-electron chi connectivity index (χ4n) is 4.66. The number of fused-ring (bicyclic) bond motifs is 1. The Kier molecular flexibility index (Phi) is 5.56. The smallest absolute Gasteiger partial charge is 0.387 e. The molecule has 1 aromatic carbocycles. The molecule has 0 bridgehead atoms. The molecule has 0 unspecified atom stereocenters. The summed E-state index contributed by atoms with van der Waals surface area (Å²) in [6, 6.07) is 6.71. The highest BCUT2D eigenvalue weighted by molar-refractivity contribution is 5.79. The maximum absolute atomic E-state index is 12.6. The van der Waals surface area contributed by atoms with E-state index < -0.39 is 12.2 Å². The van der Waals surface area contributed by atoms with E-state index >= 15 is 0 Å². The molecule has 1 aromatic rings. The van der Waals surface area contributed by atoms with Crippen molar-refractivity contribution in [2.45, 2.75) is 50.9 Å². The molecule has 1 N–H and O–H groups in total. The van der Waals surface area contributed by atoms with Crippen LogP contribution in [0.25, 0.3) is 0 Å². The van der Waals surface area contributed by atoms with Gasteiger partial charge in [0.1, 0.15) is 5.75 Å². The van der Waals surface area contributed by atoms with Crippen molar-refractivity contribution in [3.8, 4) is 5.75 Å². The first-order valence-electron chi connectivity index (χ1n) is 10.2. The van der Waals surface area contributed by atoms with Crippen LogP contribution >= 0.6 is 0 Å². The Balaban J connectivity index is 1.35. The van der Waals surface area contributed by atoms with Crippen molar-refractivity contribution in [1.29, 1.82) is 0 Å². The largest absolute Gasteiger partial charge is 0.435 e. The van der Waals surface area contributed by atoms with Crippen molar-refractivity contribution < 1.29 is 23.4 Å². The zero-order chi connectivity index (χ0) is 19.7. The van der Waals surface area contributed by atoms with Crippen LogP contribution in [0, 0.1) is 11.8 Å². The van der Waals surface area contributed by atoms with Crippen LogP contribution in [0.4, 0.5) is 8.78 Å². The van der Waals surface area contributed by atoms with Crippen LogP contribution in [0.15, 0.2) is 24.3 Å². The van der Waals surface area contributed by atoms with Crippen LogP contribution in [0.1, 0.15) is 37.7 Å². The van der Waals surface area contributed by atoms with E-state index in [0.717, 1.165) is 37.9 Å². The molecule has 2 aliphatic heterocycles. The molecule has 2 saturated heterocycles. The molecule has 0 spiro atoms. The second kappa shape index (κ2) is 7.95. The molecule has 3 aliphatic rings. The third-order valence-electron chi connectivity index (χ3n) is 6.68. The molecule has 1 aliphatic carbocycles. The third kappa shape index (κ3) is 4.15. The highest BCUT2D eigenvalue weighted by atomic mass is 19.3. The van der Waals surface area contributed by atoms with Crippen molar-refractivity contribution >= 4 is 5.91 Å². The average molecular weight is 394 g/mol. The van der Waals surface area contributed by atoms with E-state index in [0.29, 0.717) is 32.5 Å². The summed E-state index contributed by atoms with van der Waals surface area (Å²) in [6.07, 6.45) is 4.51. The van der Waals surface area contributed by atoms with E-state index in [4.69, 9.17) is 0 Å². The number of alkyl halides is 2. The molecule has 0 radical (unpaired) electrons. The van der Waals surface area contributed by atoms with Gasteiger partial charge in [-0.15, -0.1) is 0 Å².